The lowest BCUT2D eigenvalue weighted by atomic mass is 9.99. The molecule has 1 aliphatic rings. The fourth-order valence-electron chi connectivity index (χ4n) is 1.76. The van der Waals surface area contributed by atoms with Crippen LogP contribution in [0.5, 0.6) is 0 Å². The first-order valence-corrected chi connectivity index (χ1v) is 6.10. The van der Waals surface area contributed by atoms with Crippen LogP contribution < -0.4 is 11.1 Å². The van der Waals surface area contributed by atoms with Gasteiger partial charge in [0.25, 0.3) is 0 Å². The van der Waals surface area contributed by atoms with Crippen molar-refractivity contribution in [3.63, 3.8) is 0 Å². The molecule has 1 amide bonds. The molecule has 3 heteroatoms. The molecule has 1 rings (SSSR count). The molecule has 1 fully saturated rings. The van der Waals surface area contributed by atoms with Crippen molar-refractivity contribution >= 4 is 5.91 Å². The third-order valence-electron chi connectivity index (χ3n) is 3.33. The summed E-state index contributed by atoms with van der Waals surface area (Å²) in [7, 11) is 0. The third kappa shape index (κ3) is 4.20. The van der Waals surface area contributed by atoms with Gasteiger partial charge in [-0.2, -0.15) is 0 Å². The monoisotopic (exact) mass is 212 g/mol. The second-order valence-electron chi connectivity index (χ2n) is 5.00. The Labute approximate surface area is 92.8 Å². The molecule has 1 saturated carbocycles. The van der Waals surface area contributed by atoms with Gasteiger partial charge < -0.3 is 11.1 Å². The smallest absolute Gasteiger partial charge is 0.237 e. The Kier molecular flexibility index (Phi) is 4.58. The van der Waals surface area contributed by atoms with E-state index in [-0.39, 0.29) is 23.9 Å². The van der Waals surface area contributed by atoms with Gasteiger partial charge in [0.2, 0.25) is 5.91 Å². The minimum absolute atomic E-state index is 0.0116. The van der Waals surface area contributed by atoms with Gasteiger partial charge in [-0.3, -0.25) is 4.79 Å². The van der Waals surface area contributed by atoms with E-state index in [2.05, 4.69) is 19.2 Å². The summed E-state index contributed by atoms with van der Waals surface area (Å²) in [5.74, 6) is 1.12. The number of carbonyl (C=O) groups excluding carboxylic acids is 1. The van der Waals surface area contributed by atoms with Gasteiger partial charge in [0.1, 0.15) is 0 Å². The molecular weight excluding hydrogens is 188 g/mol. The molecule has 0 aliphatic heterocycles. The highest BCUT2D eigenvalue weighted by Gasteiger charge is 2.26. The van der Waals surface area contributed by atoms with E-state index in [1.807, 2.05) is 6.92 Å². The van der Waals surface area contributed by atoms with Crippen LogP contribution in [0.3, 0.4) is 0 Å². The molecule has 0 aromatic heterocycles. The van der Waals surface area contributed by atoms with Gasteiger partial charge in [-0.05, 0) is 25.2 Å². The number of hydrogen-bond acceptors (Lipinski definition) is 2. The van der Waals surface area contributed by atoms with Crippen molar-refractivity contribution in [1.29, 1.82) is 0 Å². The summed E-state index contributed by atoms with van der Waals surface area (Å²) in [4.78, 5) is 11.7. The van der Waals surface area contributed by atoms with E-state index in [1.54, 1.807) is 0 Å². The first kappa shape index (κ1) is 12.5. The number of carbonyl (C=O) groups is 1. The van der Waals surface area contributed by atoms with Crippen LogP contribution >= 0.6 is 0 Å². The van der Waals surface area contributed by atoms with Crippen molar-refractivity contribution in [2.45, 2.75) is 58.5 Å². The number of amides is 1. The molecule has 0 radical (unpaired) electrons. The topological polar surface area (TPSA) is 55.1 Å². The highest BCUT2D eigenvalue weighted by atomic mass is 16.2. The molecule has 88 valence electrons. The lowest BCUT2D eigenvalue weighted by molar-refractivity contribution is -0.124. The zero-order chi connectivity index (χ0) is 11.4. The Morgan fingerprint density at radius 2 is 2.07 bits per heavy atom. The second kappa shape index (κ2) is 5.50. The largest absolute Gasteiger partial charge is 0.352 e. The zero-order valence-electron chi connectivity index (χ0n) is 10.1. The van der Waals surface area contributed by atoms with Crippen LogP contribution in [0.15, 0.2) is 0 Å². The lowest BCUT2D eigenvalue weighted by Crippen LogP contribution is -2.47. The second-order valence-corrected chi connectivity index (χ2v) is 5.00. The van der Waals surface area contributed by atoms with E-state index in [9.17, 15) is 4.79 Å². The molecule has 0 bridgehead atoms. The van der Waals surface area contributed by atoms with E-state index >= 15 is 0 Å². The number of rotatable bonds is 6. The first-order chi connectivity index (χ1) is 7.04. The Hall–Kier alpha value is -0.570. The molecule has 2 unspecified atom stereocenters. The van der Waals surface area contributed by atoms with Crippen molar-refractivity contribution in [2.24, 2.45) is 17.6 Å². The highest BCUT2D eigenvalue weighted by molar-refractivity contribution is 5.82. The van der Waals surface area contributed by atoms with Gasteiger partial charge in [0.15, 0.2) is 0 Å². The van der Waals surface area contributed by atoms with Crippen molar-refractivity contribution < 1.29 is 4.79 Å². The van der Waals surface area contributed by atoms with Crippen LogP contribution in [-0.4, -0.2) is 18.0 Å². The molecule has 0 spiro atoms. The molecular formula is C12H24N2O. The Balaban J connectivity index is 2.26. The van der Waals surface area contributed by atoms with E-state index in [0.717, 1.165) is 18.8 Å². The van der Waals surface area contributed by atoms with E-state index in [1.165, 1.54) is 12.8 Å². The summed E-state index contributed by atoms with van der Waals surface area (Å²) < 4.78 is 0. The summed E-state index contributed by atoms with van der Waals surface area (Å²) in [6, 6.07) is -0.0724. The van der Waals surface area contributed by atoms with E-state index in [4.69, 9.17) is 5.73 Å². The zero-order valence-corrected chi connectivity index (χ0v) is 10.1. The summed E-state index contributed by atoms with van der Waals surface area (Å²) >= 11 is 0. The lowest BCUT2D eigenvalue weighted by Gasteiger charge is -2.21. The average molecular weight is 212 g/mol. The average Bonchev–Trinajstić information content (AvgIpc) is 2.98. The van der Waals surface area contributed by atoms with Gasteiger partial charge in [0, 0.05) is 6.04 Å². The van der Waals surface area contributed by atoms with Crippen LogP contribution in [0.2, 0.25) is 0 Å². The standard InChI is InChI=1S/C12H24N2O/c1-4-8(2)11(13)12(15)14-9(3)7-10-5-6-10/h8-11H,4-7,13H2,1-3H3,(H,14,15)/t8?,9?,11-/m0/s1. The number of hydrogen-bond donors (Lipinski definition) is 2. The molecule has 1 aliphatic carbocycles. The Morgan fingerprint density at radius 3 is 2.53 bits per heavy atom. The fraction of sp³-hybridized carbons (Fsp3) is 0.917. The first-order valence-electron chi connectivity index (χ1n) is 6.10. The summed E-state index contributed by atoms with van der Waals surface area (Å²) in [6.07, 6.45) is 4.72. The Morgan fingerprint density at radius 1 is 1.47 bits per heavy atom. The van der Waals surface area contributed by atoms with Gasteiger partial charge >= 0.3 is 0 Å². The fourth-order valence-corrected chi connectivity index (χ4v) is 1.76. The molecule has 3 N–H and O–H groups in total. The molecule has 0 heterocycles. The minimum Gasteiger partial charge on any atom is -0.352 e. The maximum absolute atomic E-state index is 11.7. The van der Waals surface area contributed by atoms with Crippen molar-refractivity contribution in [2.75, 3.05) is 0 Å². The summed E-state index contributed by atoms with van der Waals surface area (Å²) in [5.41, 5.74) is 5.85. The van der Waals surface area contributed by atoms with Crippen LogP contribution in [0.1, 0.15) is 46.5 Å². The van der Waals surface area contributed by atoms with Crippen LogP contribution in [0, 0.1) is 11.8 Å². The molecule has 3 atom stereocenters. The van der Waals surface area contributed by atoms with Gasteiger partial charge in [-0.1, -0.05) is 33.1 Å². The van der Waals surface area contributed by atoms with Crippen molar-refractivity contribution in [3.05, 3.63) is 0 Å². The SMILES string of the molecule is CCC(C)[C@H](N)C(=O)NC(C)CC1CC1. The van der Waals surface area contributed by atoms with E-state index < -0.39 is 0 Å². The van der Waals surface area contributed by atoms with Crippen molar-refractivity contribution in [3.8, 4) is 0 Å². The van der Waals surface area contributed by atoms with Gasteiger partial charge in [-0.15, -0.1) is 0 Å². The summed E-state index contributed by atoms with van der Waals surface area (Å²) in [6.45, 7) is 6.15. The molecule has 0 saturated heterocycles. The summed E-state index contributed by atoms with van der Waals surface area (Å²) in [5, 5.41) is 3.00. The molecule has 3 nitrogen and oxygen atoms in total. The van der Waals surface area contributed by atoms with Crippen molar-refractivity contribution in [1.82, 2.24) is 5.32 Å². The highest BCUT2D eigenvalue weighted by Crippen LogP contribution is 2.33. The molecule has 0 aromatic carbocycles. The normalized spacial score (nSPS) is 21.9. The minimum atomic E-state index is -0.350. The molecule has 0 aromatic rings. The number of nitrogens with one attached hydrogen (secondary N) is 1. The quantitative estimate of drug-likeness (QED) is 0.703. The predicted molar refractivity (Wildman–Crippen MR) is 62.4 cm³/mol. The Bertz CT molecular complexity index is 214. The molecule has 15 heavy (non-hydrogen) atoms. The van der Waals surface area contributed by atoms with Crippen LogP contribution in [0.4, 0.5) is 0 Å². The maximum Gasteiger partial charge on any atom is 0.237 e. The predicted octanol–water partition coefficient (Wildman–Crippen LogP) is 1.66. The van der Waals surface area contributed by atoms with E-state index in [0.29, 0.717) is 0 Å². The van der Waals surface area contributed by atoms with Crippen LogP contribution in [-0.2, 0) is 4.79 Å². The van der Waals surface area contributed by atoms with Gasteiger partial charge in [-0.25, -0.2) is 0 Å². The van der Waals surface area contributed by atoms with Gasteiger partial charge in [0.05, 0.1) is 6.04 Å². The number of nitrogens with two attached hydrogens (primary N) is 1. The third-order valence-corrected chi connectivity index (χ3v) is 3.33. The maximum atomic E-state index is 11.7. The van der Waals surface area contributed by atoms with Crippen LogP contribution in [0.25, 0.3) is 0 Å².